The number of amides is 1. The summed E-state index contributed by atoms with van der Waals surface area (Å²) in [6, 6.07) is 8.47. The van der Waals surface area contributed by atoms with E-state index < -0.39 is 0 Å². The van der Waals surface area contributed by atoms with Gasteiger partial charge in [-0.25, -0.2) is 4.98 Å². The highest BCUT2D eigenvalue weighted by Crippen LogP contribution is 2.26. The molecule has 0 bridgehead atoms. The molecule has 1 heterocycles. The van der Waals surface area contributed by atoms with Crippen LogP contribution in [0.15, 0.2) is 36.5 Å². The Kier molecular flexibility index (Phi) is 5.63. The van der Waals surface area contributed by atoms with Gasteiger partial charge in [-0.05, 0) is 30.7 Å². The number of aromatic nitrogens is 1. The van der Waals surface area contributed by atoms with Gasteiger partial charge in [0.2, 0.25) is 0 Å². The van der Waals surface area contributed by atoms with Gasteiger partial charge in [0, 0.05) is 30.4 Å². The van der Waals surface area contributed by atoms with Gasteiger partial charge in [-0.3, -0.25) is 4.79 Å². The molecule has 0 aliphatic rings. The first kappa shape index (κ1) is 16.6. The van der Waals surface area contributed by atoms with Crippen LogP contribution in [0.5, 0.6) is 0 Å². The number of rotatable bonds is 5. The summed E-state index contributed by atoms with van der Waals surface area (Å²) in [5.41, 5.74) is 1.06. The van der Waals surface area contributed by atoms with E-state index >= 15 is 0 Å². The molecule has 0 unspecified atom stereocenters. The maximum Gasteiger partial charge on any atom is 0.255 e. The van der Waals surface area contributed by atoms with Crippen LogP contribution in [0, 0.1) is 0 Å². The van der Waals surface area contributed by atoms with Crippen molar-refractivity contribution in [3.63, 3.8) is 0 Å². The predicted octanol–water partition coefficient (Wildman–Crippen LogP) is 4.49. The van der Waals surface area contributed by atoms with E-state index in [0.29, 0.717) is 27.1 Å². The molecule has 1 aromatic carbocycles. The summed E-state index contributed by atoms with van der Waals surface area (Å²) in [5, 5.41) is 3.83. The topological polar surface area (TPSA) is 45.2 Å². The first-order valence-corrected chi connectivity index (χ1v) is 7.70. The highest BCUT2D eigenvalue weighted by atomic mass is 35.5. The second kappa shape index (κ2) is 7.47. The Hall–Kier alpha value is -1.78. The van der Waals surface area contributed by atoms with Gasteiger partial charge in [0.15, 0.2) is 5.82 Å². The molecule has 4 nitrogen and oxygen atoms in total. The Balaban J connectivity index is 2.28. The molecule has 22 heavy (non-hydrogen) atoms. The summed E-state index contributed by atoms with van der Waals surface area (Å²) in [6.07, 6.45) is 2.54. The van der Waals surface area contributed by atoms with Crippen LogP contribution in [0.2, 0.25) is 10.0 Å². The van der Waals surface area contributed by atoms with Crippen LogP contribution in [0.3, 0.4) is 0 Å². The maximum absolute atomic E-state index is 12.4. The molecule has 0 fully saturated rings. The van der Waals surface area contributed by atoms with Crippen molar-refractivity contribution in [1.29, 1.82) is 0 Å². The van der Waals surface area contributed by atoms with Gasteiger partial charge in [0.1, 0.15) is 0 Å². The van der Waals surface area contributed by atoms with E-state index in [0.717, 1.165) is 13.0 Å². The summed E-state index contributed by atoms with van der Waals surface area (Å²) in [5.74, 6) is 0.430. The van der Waals surface area contributed by atoms with E-state index in [-0.39, 0.29) is 5.91 Å². The largest absolute Gasteiger partial charge is 0.358 e. The monoisotopic (exact) mass is 337 g/mol. The zero-order valence-corrected chi connectivity index (χ0v) is 13.9. The number of carbonyl (C=O) groups is 1. The molecule has 1 N–H and O–H groups in total. The average Bonchev–Trinajstić information content (AvgIpc) is 2.47. The molecule has 2 aromatic rings. The number of carbonyl (C=O) groups excluding carboxylic acids is 1. The molecule has 0 aliphatic carbocycles. The molecule has 1 aromatic heterocycles. The standard InChI is InChI=1S/C16H17Cl2N3O/c1-3-7-21(2)15-14(9-13(18)10-19-15)20-16(22)11-5-4-6-12(17)8-11/h4-6,8-10H,3,7H2,1-2H3,(H,20,22). The van der Waals surface area contributed by atoms with Crippen molar-refractivity contribution in [1.82, 2.24) is 4.98 Å². The van der Waals surface area contributed by atoms with Gasteiger partial charge >= 0.3 is 0 Å². The van der Waals surface area contributed by atoms with Crippen molar-refractivity contribution >= 4 is 40.6 Å². The molecule has 0 spiro atoms. The van der Waals surface area contributed by atoms with Crippen molar-refractivity contribution in [3.05, 3.63) is 52.1 Å². The highest BCUT2D eigenvalue weighted by molar-refractivity contribution is 6.31. The van der Waals surface area contributed by atoms with Crippen molar-refractivity contribution in [2.45, 2.75) is 13.3 Å². The Morgan fingerprint density at radius 2 is 2.05 bits per heavy atom. The smallest absolute Gasteiger partial charge is 0.255 e. The molecule has 1 amide bonds. The molecule has 2 rings (SSSR count). The number of halogens is 2. The Bertz CT molecular complexity index is 676. The molecule has 0 saturated heterocycles. The lowest BCUT2D eigenvalue weighted by Gasteiger charge is -2.21. The van der Waals surface area contributed by atoms with E-state index in [1.54, 1.807) is 36.5 Å². The van der Waals surface area contributed by atoms with Crippen molar-refractivity contribution < 1.29 is 4.79 Å². The van der Waals surface area contributed by atoms with Crippen LogP contribution in [0.4, 0.5) is 11.5 Å². The second-order valence-electron chi connectivity index (χ2n) is 4.91. The minimum atomic E-state index is -0.252. The van der Waals surface area contributed by atoms with Crippen molar-refractivity contribution in [2.75, 3.05) is 23.8 Å². The minimum Gasteiger partial charge on any atom is -0.358 e. The summed E-state index contributed by atoms with van der Waals surface area (Å²) in [7, 11) is 1.93. The first-order valence-electron chi connectivity index (χ1n) is 6.95. The molecular formula is C16H17Cl2N3O. The Morgan fingerprint density at radius 3 is 2.73 bits per heavy atom. The summed E-state index contributed by atoms with van der Waals surface area (Å²) in [4.78, 5) is 18.6. The fourth-order valence-electron chi connectivity index (χ4n) is 2.09. The van der Waals surface area contributed by atoms with E-state index in [2.05, 4.69) is 17.2 Å². The molecule has 0 atom stereocenters. The predicted molar refractivity (Wildman–Crippen MR) is 92.2 cm³/mol. The van der Waals surface area contributed by atoms with Crippen LogP contribution in [0.1, 0.15) is 23.7 Å². The van der Waals surface area contributed by atoms with Crippen LogP contribution in [-0.2, 0) is 0 Å². The molecule has 116 valence electrons. The second-order valence-corrected chi connectivity index (χ2v) is 5.78. The molecule has 6 heteroatoms. The number of hydrogen-bond acceptors (Lipinski definition) is 3. The van der Waals surface area contributed by atoms with E-state index in [1.807, 2.05) is 11.9 Å². The van der Waals surface area contributed by atoms with Gasteiger partial charge in [-0.2, -0.15) is 0 Å². The van der Waals surface area contributed by atoms with Crippen LogP contribution in [0.25, 0.3) is 0 Å². The van der Waals surface area contributed by atoms with E-state index in [9.17, 15) is 4.79 Å². The summed E-state index contributed by atoms with van der Waals surface area (Å²) < 4.78 is 0. The van der Waals surface area contributed by atoms with Crippen LogP contribution in [-0.4, -0.2) is 24.5 Å². The zero-order valence-electron chi connectivity index (χ0n) is 12.4. The summed E-state index contributed by atoms with van der Waals surface area (Å²) >= 11 is 11.9. The third kappa shape index (κ3) is 4.12. The first-order chi connectivity index (χ1) is 10.5. The summed E-state index contributed by atoms with van der Waals surface area (Å²) in [6.45, 7) is 2.91. The van der Waals surface area contributed by atoms with Gasteiger partial charge in [0.25, 0.3) is 5.91 Å². The SMILES string of the molecule is CCCN(C)c1ncc(Cl)cc1NC(=O)c1cccc(Cl)c1. The number of nitrogens with zero attached hydrogens (tertiary/aromatic N) is 2. The third-order valence-corrected chi connectivity index (χ3v) is 3.53. The fourth-order valence-corrected chi connectivity index (χ4v) is 2.44. The number of pyridine rings is 1. The zero-order chi connectivity index (χ0) is 16.1. The quantitative estimate of drug-likeness (QED) is 0.874. The lowest BCUT2D eigenvalue weighted by atomic mass is 10.2. The van der Waals surface area contributed by atoms with Crippen LogP contribution < -0.4 is 10.2 Å². The van der Waals surface area contributed by atoms with E-state index in [1.165, 1.54) is 0 Å². The van der Waals surface area contributed by atoms with Crippen molar-refractivity contribution in [3.8, 4) is 0 Å². The van der Waals surface area contributed by atoms with E-state index in [4.69, 9.17) is 23.2 Å². The number of anilines is 2. The number of nitrogens with one attached hydrogen (secondary N) is 1. The van der Waals surface area contributed by atoms with Gasteiger partial charge in [0.05, 0.1) is 10.7 Å². The van der Waals surface area contributed by atoms with Gasteiger partial charge in [-0.1, -0.05) is 36.2 Å². The average molecular weight is 338 g/mol. The Morgan fingerprint density at radius 1 is 1.27 bits per heavy atom. The minimum absolute atomic E-state index is 0.252. The number of hydrogen-bond donors (Lipinski definition) is 1. The van der Waals surface area contributed by atoms with Crippen LogP contribution >= 0.6 is 23.2 Å². The maximum atomic E-state index is 12.4. The molecule has 0 aliphatic heterocycles. The lowest BCUT2D eigenvalue weighted by Crippen LogP contribution is -2.22. The van der Waals surface area contributed by atoms with Gasteiger partial charge in [-0.15, -0.1) is 0 Å². The normalized spacial score (nSPS) is 10.4. The molecule has 0 radical (unpaired) electrons. The Labute approximate surface area is 140 Å². The van der Waals surface area contributed by atoms with Crippen molar-refractivity contribution in [2.24, 2.45) is 0 Å². The molecule has 0 saturated carbocycles. The fraction of sp³-hybridized carbons (Fsp3) is 0.250. The third-order valence-electron chi connectivity index (χ3n) is 3.09. The molecular weight excluding hydrogens is 321 g/mol. The van der Waals surface area contributed by atoms with Gasteiger partial charge < -0.3 is 10.2 Å². The number of benzene rings is 1. The lowest BCUT2D eigenvalue weighted by molar-refractivity contribution is 0.102. The highest BCUT2D eigenvalue weighted by Gasteiger charge is 2.14.